The van der Waals surface area contributed by atoms with E-state index in [9.17, 15) is 0 Å². The summed E-state index contributed by atoms with van der Waals surface area (Å²) < 4.78 is 1.88. The second-order valence-electron chi connectivity index (χ2n) is 5.84. The Balaban J connectivity index is 2.21. The summed E-state index contributed by atoms with van der Waals surface area (Å²) in [7, 11) is 0. The molecular weight excluding hydrogens is 246 g/mol. The quantitative estimate of drug-likeness (QED) is 0.920. The van der Waals surface area contributed by atoms with Crippen molar-refractivity contribution in [2.45, 2.75) is 46.0 Å². The lowest BCUT2D eigenvalue weighted by Crippen LogP contribution is -2.16. The molecule has 0 fully saturated rings. The van der Waals surface area contributed by atoms with Crippen LogP contribution in [0.3, 0.4) is 0 Å². The first-order valence-corrected chi connectivity index (χ1v) is 7.15. The van der Waals surface area contributed by atoms with Crippen LogP contribution in [0.15, 0.2) is 0 Å². The maximum atomic E-state index is 5.63. The van der Waals surface area contributed by atoms with Gasteiger partial charge in [0.2, 0.25) is 4.96 Å². The third-order valence-corrected chi connectivity index (χ3v) is 3.92. The standard InChI is InChI=1S/C12H21N5S/c1-8(7-13)5-6-9-16-17-10(12(2,3)4)14-15-11(17)18-9/h8H,5-7,13H2,1-4H3. The summed E-state index contributed by atoms with van der Waals surface area (Å²) in [6.45, 7) is 9.27. The number of aryl methyl sites for hydroxylation is 1. The van der Waals surface area contributed by atoms with Gasteiger partial charge in [0.15, 0.2) is 5.82 Å². The van der Waals surface area contributed by atoms with Crippen LogP contribution < -0.4 is 5.73 Å². The molecule has 0 saturated heterocycles. The van der Waals surface area contributed by atoms with Gasteiger partial charge in [-0.15, -0.1) is 10.2 Å². The number of nitrogens with two attached hydrogens (primary N) is 1. The molecule has 5 nitrogen and oxygen atoms in total. The summed E-state index contributed by atoms with van der Waals surface area (Å²) in [4.78, 5) is 0.885. The van der Waals surface area contributed by atoms with Crippen molar-refractivity contribution >= 4 is 16.3 Å². The lowest BCUT2D eigenvalue weighted by Gasteiger charge is -2.13. The van der Waals surface area contributed by atoms with Gasteiger partial charge in [-0.3, -0.25) is 0 Å². The maximum absolute atomic E-state index is 5.63. The van der Waals surface area contributed by atoms with Crippen molar-refractivity contribution in [1.82, 2.24) is 19.8 Å². The van der Waals surface area contributed by atoms with Gasteiger partial charge in [0, 0.05) is 11.8 Å². The normalized spacial score (nSPS) is 14.3. The molecule has 2 rings (SSSR count). The number of hydrogen-bond donors (Lipinski definition) is 1. The van der Waals surface area contributed by atoms with Gasteiger partial charge < -0.3 is 5.73 Å². The highest BCUT2D eigenvalue weighted by atomic mass is 32.1. The third kappa shape index (κ3) is 2.70. The summed E-state index contributed by atoms with van der Waals surface area (Å²) in [6, 6.07) is 0. The Hall–Kier alpha value is -1.01. The number of nitrogens with zero attached hydrogens (tertiary/aromatic N) is 4. The molecule has 100 valence electrons. The van der Waals surface area contributed by atoms with Crippen LogP contribution in [0.4, 0.5) is 0 Å². The molecule has 0 aliphatic carbocycles. The number of fused-ring (bicyclic) bond motifs is 1. The van der Waals surface area contributed by atoms with Crippen LogP contribution in [0.25, 0.3) is 4.96 Å². The van der Waals surface area contributed by atoms with E-state index in [1.807, 2.05) is 4.52 Å². The van der Waals surface area contributed by atoms with Crippen LogP contribution in [0.5, 0.6) is 0 Å². The van der Waals surface area contributed by atoms with E-state index in [4.69, 9.17) is 5.73 Å². The minimum Gasteiger partial charge on any atom is -0.330 e. The Kier molecular flexibility index (Phi) is 3.68. The summed E-state index contributed by atoms with van der Waals surface area (Å²) in [5.41, 5.74) is 5.60. The largest absolute Gasteiger partial charge is 0.330 e. The Labute approximate surface area is 111 Å². The first-order valence-electron chi connectivity index (χ1n) is 6.33. The minimum atomic E-state index is -0.0324. The van der Waals surface area contributed by atoms with Gasteiger partial charge in [-0.1, -0.05) is 39.0 Å². The first kappa shape index (κ1) is 13.4. The second-order valence-corrected chi connectivity index (χ2v) is 6.88. The molecule has 0 amide bonds. The van der Waals surface area contributed by atoms with Gasteiger partial charge in [-0.05, 0) is 18.9 Å². The molecule has 0 saturated carbocycles. The highest BCUT2D eigenvalue weighted by Crippen LogP contribution is 2.24. The molecule has 6 heteroatoms. The Morgan fingerprint density at radius 2 is 2.06 bits per heavy atom. The fourth-order valence-corrected chi connectivity index (χ4v) is 2.56. The molecule has 2 heterocycles. The fraction of sp³-hybridized carbons (Fsp3) is 0.750. The molecule has 1 unspecified atom stereocenters. The van der Waals surface area contributed by atoms with Gasteiger partial charge in [0.1, 0.15) is 5.01 Å². The van der Waals surface area contributed by atoms with E-state index in [1.165, 1.54) is 0 Å². The van der Waals surface area contributed by atoms with Gasteiger partial charge in [-0.25, -0.2) is 0 Å². The van der Waals surface area contributed by atoms with Gasteiger partial charge in [0.25, 0.3) is 0 Å². The van der Waals surface area contributed by atoms with Crippen molar-refractivity contribution < 1.29 is 0 Å². The van der Waals surface area contributed by atoms with Gasteiger partial charge in [0.05, 0.1) is 0 Å². The zero-order valence-electron chi connectivity index (χ0n) is 11.5. The second kappa shape index (κ2) is 4.93. The maximum Gasteiger partial charge on any atom is 0.234 e. The van der Waals surface area contributed by atoms with Crippen molar-refractivity contribution in [3.63, 3.8) is 0 Å². The molecule has 0 aromatic carbocycles. The van der Waals surface area contributed by atoms with Crippen molar-refractivity contribution in [1.29, 1.82) is 0 Å². The molecule has 0 aliphatic rings. The van der Waals surface area contributed by atoms with Crippen LogP contribution in [0.1, 0.15) is 44.9 Å². The number of hydrogen-bond acceptors (Lipinski definition) is 5. The van der Waals surface area contributed by atoms with Crippen molar-refractivity contribution in [2.24, 2.45) is 11.7 Å². The Morgan fingerprint density at radius 1 is 1.33 bits per heavy atom. The fourth-order valence-electron chi connectivity index (χ4n) is 1.71. The lowest BCUT2D eigenvalue weighted by atomic mass is 9.96. The summed E-state index contributed by atoms with van der Waals surface area (Å²) in [5, 5.41) is 14.1. The third-order valence-electron chi connectivity index (χ3n) is 2.96. The van der Waals surface area contributed by atoms with E-state index in [1.54, 1.807) is 11.3 Å². The zero-order chi connectivity index (χ0) is 13.3. The smallest absolute Gasteiger partial charge is 0.234 e. The first-order chi connectivity index (χ1) is 8.41. The highest BCUT2D eigenvalue weighted by Gasteiger charge is 2.23. The van der Waals surface area contributed by atoms with Crippen molar-refractivity contribution in [2.75, 3.05) is 6.54 Å². The van der Waals surface area contributed by atoms with E-state index in [0.717, 1.165) is 35.2 Å². The minimum absolute atomic E-state index is 0.0324. The van der Waals surface area contributed by atoms with Crippen LogP contribution in [-0.2, 0) is 11.8 Å². The predicted molar refractivity (Wildman–Crippen MR) is 73.9 cm³/mol. The number of rotatable bonds is 4. The predicted octanol–water partition coefficient (Wildman–Crippen LogP) is 2.01. The number of aromatic nitrogens is 4. The van der Waals surface area contributed by atoms with E-state index in [2.05, 4.69) is 43.0 Å². The van der Waals surface area contributed by atoms with Crippen molar-refractivity contribution in [3.05, 3.63) is 10.8 Å². The summed E-state index contributed by atoms with van der Waals surface area (Å²) in [5.74, 6) is 1.47. The highest BCUT2D eigenvalue weighted by molar-refractivity contribution is 7.16. The molecule has 2 N–H and O–H groups in total. The van der Waals surface area contributed by atoms with Crippen LogP contribution in [0.2, 0.25) is 0 Å². The molecule has 0 radical (unpaired) electrons. The van der Waals surface area contributed by atoms with E-state index in [0.29, 0.717) is 5.92 Å². The summed E-state index contributed by atoms with van der Waals surface area (Å²) in [6.07, 6.45) is 2.04. The van der Waals surface area contributed by atoms with Crippen molar-refractivity contribution in [3.8, 4) is 0 Å². The van der Waals surface area contributed by atoms with E-state index in [-0.39, 0.29) is 5.41 Å². The summed E-state index contributed by atoms with van der Waals surface area (Å²) >= 11 is 1.62. The Morgan fingerprint density at radius 3 is 2.67 bits per heavy atom. The van der Waals surface area contributed by atoms with Crippen LogP contribution >= 0.6 is 11.3 Å². The molecule has 2 aromatic rings. The van der Waals surface area contributed by atoms with Crippen LogP contribution in [-0.4, -0.2) is 26.4 Å². The van der Waals surface area contributed by atoms with Crippen LogP contribution in [0, 0.1) is 5.92 Å². The topological polar surface area (TPSA) is 69.1 Å². The average molecular weight is 267 g/mol. The Bertz CT molecular complexity index is 522. The molecule has 2 aromatic heterocycles. The van der Waals surface area contributed by atoms with Gasteiger partial charge >= 0.3 is 0 Å². The van der Waals surface area contributed by atoms with E-state index >= 15 is 0 Å². The average Bonchev–Trinajstić information content (AvgIpc) is 2.82. The SMILES string of the molecule is CC(CN)CCc1nn2c(C(C)(C)C)nnc2s1. The molecule has 0 bridgehead atoms. The molecule has 1 atom stereocenters. The molecule has 0 spiro atoms. The monoisotopic (exact) mass is 267 g/mol. The van der Waals surface area contributed by atoms with Gasteiger partial charge in [-0.2, -0.15) is 9.61 Å². The lowest BCUT2D eigenvalue weighted by molar-refractivity contribution is 0.520. The molecular formula is C12H21N5S. The molecule has 18 heavy (non-hydrogen) atoms. The van der Waals surface area contributed by atoms with E-state index < -0.39 is 0 Å². The molecule has 0 aliphatic heterocycles. The zero-order valence-corrected chi connectivity index (χ0v) is 12.3.